The van der Waals surface area contributed by atoms with E-state index in [9.17, 15) is 4.79 Å². The molecule has 1 unspecified atom stereocenters. The van der Waals surface area contributed by atoms with E-state index in [0.717, 1.165) is 12.5 Å². The van der Waals surface area contributed by atoms with Crippen LogP contribution in [0.25, 0.3) is 0 Å². The molecular formula is C13H24N2O. The van der Waals surface area contributed by atoms with Crippen molar-refractivity contribution in [1.29, 1.82) is 0 Å². The van der Waals surface area contributed by atoms with Gasteiger partial charge in [0.05, 0.1) is 0 Å². The first-order valence-electron chi connectivity index (χ1n) is 6.78. The first kappa shape index (κ1) is 11.9. The molecule has 16 heavy (non-hydrogen) atoms. The van der Waals surface area contributed by atoms with Crippen LogP contribution in [-0.2, 0) is 4.79 Å². The lowest BCUT2D eigenvalue weighted by Gasteiger charge is -2.14. The van der Waals surface area contributed by atoms with Crippen LogP contribution in [0.1, 0.15) is 51.9 Å². The molecule has 0 saturated heterocycles. The Labute approximate surface area is 98.4 Å². The van der Waals surface area contributed by atoms with Crippen molar-refractivity contribution in [3.63, 3.8) is 0 Å². The zero-order chi connectivity index (χ0) is 11.4. The molecule has 3 nitrogen and oxygen atoms in total. The van der Waals surface area contributed by atoms with Gasteiger partial charge in [0.2, 0.25) is 5.91 Å². The molecule has 0 aromatic carbocycles. The van der Waals surface area contributed by atoms with Crippen LogP contribution < -0.4 is 10.6 Å². The molecule has 2 rings (SSSR count). The Hall–Kier alpha value is -0.570. The van der Waals surface area contributed by atoms with Crippen LogP contribution in [0.15, 0.2) is 0 Å². The summed E-state index contributed by atoms with van der Waals surface area (Å²) in [5.41, 5.74) is 0. The first-order chi connectivity index (χ1) is 7.75. The third-order valence-electron chi connectivity index (χ3n) is 3.87. The van der Waals surface area contributed by atoms with E-state index in [1.807, 2.05) is 0 Å². The van der Waals surface area contributed by atoms with Crippen molar-refractivity contribution in [3.8, 4) is 0 Å². The van der Waals surface area contributed by atoms with Crippen molar-refractivity contribution < 1.29 is 4.79 Å². The molecule has 0 radical (unpaired) electrons. The third-order valence-corrected chi connectivity index (χ3v) is 3.87. The number of rotatable bonds is 6. The molecule has 3 heteroatoms. The molecule has 92 valence electrons. The van der Waals surface area contributed by atoms with Crippen LogP contribution in [0.3, 0.4) is 0 Å². The number of hydrogen-bond acceptors (Lipinski definition) is 2. The Morgan fingerprint density at radius 2 is 1.94 bits per heavy atom. The molecular weight excluding hydrogens is 200 g/mol. The van der Waals surface area contributed by atoms with E-state index in [1.54, 1.807) is 0 Å². The minimum Gasteiger partial charge on any atom is -0.353 e. The zero-order valence-corrected chi connectivity index (χ0v) is 10.3. The van der Waals surface area contributed by atoms with Crippen LogP contribution in [0.4, 0.5) is 0 Å². The minimum atomic E-state index is 0.224. The van der Waals surface area contributed by atoms with Crippen molar-refractivity contribution >= 4 is 5.91 Å². The Bertz CT molecular complexity index is 232. The summed E-state index contributed by atoms with van der Waals surface area (Å²) in [5, 5.41) is 6.56. The molecule has 2 fully saturated rings. The van der Waals surface area contributed by atoms with E-state index < -0.39 is 0 Å². The zero-order valence-electron chi connectivity index (χ0n) is 10.3. The number of carbonyl (C=O) groups excluding carboxylic acids is 1. The summed E-state index contributed by atoms with van der Waals surface area (Å²) >= 11 is 0. The molecule has 2 aliphatic carbocycles. The maximum atomic E-state index is 11.6. The summed E-state index contributed by atoms with van der Waals surface area (Å²) in [5.74, 6) is 1.10. The fraction of sp³-hybridized carbons (Fsp3) is 0.923. The fourth-order valence-electron chi connectivity index (χ4n) is 2.55. The largest absolute Gasteiger partial charge is 0.353 e. The van der Waals surface area contributed by atoms with Crippen LogP contribution >= 0.6 is 0 Å². The summed E-state index contributed by atoms with van der Waals surface area (Å²) in [4.78, 5) is 11.6. The van der Waals surface area contributed by atoms with Crippen LogP contribution in [0.5, 0.6) is 0 Å². The highest BCUT2D eigenvalue weighted by Gasteiger charge is 2.27. The standard InChI is InChI=1S/C13H24N2O/c1-10(11-6-7-11)14-9-8-13(16)15-12-4-2-3-5-12/h10-12,14H,2-9H2,1H3,(H,15,16). The maximum absolute atomic E-state index is 11.6. The highest BCUT2D eigenvalue weighted by Crippen LogP contribution is 2.32. The van der Waals surface area contributed by atoms with E-state index in [4.69, 9.17) is 0 Å². The van der Waals surface area contributed by atoms with E-state index in [-0.39, 0.29) is 5.91 Å². The van der Waals surface area contributed by atoms with E-state index in [0.29, 0.717) is 18.5 Å². The lowest BCUT2D eigenvalue weighted by molar-refractivity contribution is -0.121. The average molecular weight is 224 g/mol. The summed E-state index contributed by atoms with van der Waals surface area (Å²) in [6.45, 7) is 3.06. The summed E-state index contributed by atoms with van der Waals surface area (Å²) in [6.07, 6.45) is 8.28. The number of amides is 1. The lowest BCUT2D eigenvalue weighted by atomic mass is 10.2. The topological polar surface area (TPSA) is 41.1 Å². The van der Waals surface area contributed by atoms with Crippen molar-refractivity contribution in [1.82, 2.24) is 10.6 Å². The second-order valence-corrected chi connectivity index (χ2v) is 5.38. The fourth-order valence-corrected chi connectivity index (χ4v) is 2.55. The molecule has 0 heterocycles. The number of nitrogens with one attached hydrogen (secondary N) is 2. The van der Waals surface area contributed by atoms with Gasteiger partial charge in [-0.15, -0.1) is 0 Å². The summed E-state index contributed by atoms with van der Waals surface area (Å²) < 4.78 is 0. The second kappa shape index (κ2) is 5.67. The van der Waals surface area contributed by atoms with Crippen LogP contribution in [0.2, 0.25) is 0 Å². The van der Waals surface area contributed by atoms with Crippen molar-refractivity contribution in [2.75, 3.05) is 6.54 Å². The monoisotopic (exact) mass is 224 g/mol. The van der Waals surface area contributed by atoms with Gasteiger partial charge in [0, 0.05) is 25.0 Å². The molecule has 0 aromatic heterocycles. The van der Waals surface area contributed by atoms with Gasteiger partial charge in [-0.05, 0) is 38.5 Å². The number of carbonyl (C=O) groups is 1. The molecule has 2 N–H and O–H groups in total. The van der Waals surface area contributed by atoms with Crippen molar-refractivity contribution in [2.45, 2.75) is 64.0 Å². The van der Waals surface area contributed by atoms with E-state index >= 15 is 0 Å². The normalized spacial score (nSPS) is 23.3. The highest BCUT2D eigenvalue weighted by atomic mass is 16.1. The van der Waals surface area contributed by atoms with Crippen LogP contribution in [0, 0.1) is 5.92 Å². The van der Waals surface area contributed by atoms with Crippen molar-refractivity contribution in [2.24, 2.45) is 5.92 Å². The Morgan fingerprint density at radius 1 is 1.25 bits per heavy atom. The summed E-state index contributed by atoms with van der Waals surface area (Å²) in [7, 11) is 0. The van der Waals surface area contributed by atoms with Crippen LogP contribution in [-0.4, -0.2) is 24.5 Å². The number of hydrogen-bond donors (Lipinski definition) is 2. The minimum absolute atomic E-state index is 0.224. The molecule has 0 bridgehead atoms. The van der Waals surface area contributed by atoms with E-state index in [2.05, 4.69) is 17.6 Å². The van der Waals surface area contributed by atoms with Gasteiger partial charge >= 0.3 is 0 Å². The van der Waals surface area contributed by atoms with Gasteiger partial charge < -0.3 is 10.6 Å². The van der Waals surface area contributed by atoms with E-state index in [1.165, 1.54) is 38.5 Å². The molecule has 1 atom stereocenters. The smallest absolute Gasteiger partial charge is 0.221 e. The predicted octanol–water partition coefficient (Wildman–Crippen LogP) is 1.82. The van der Waals surface area contributed by atoms with Crippen molar-refractivity contribution in [3.05, 3.63) is 0 Å². The molecule has 0 aromatic rings. The first-order valence-corrected chi connectivity index (χ1v) is 6.78. The lowest BCUT2D eigenvalue weighted by Crippen LogP contribution is -2.36. The predicted molar refractivity (Wildman–Crippen MR) is 65.2 cm³/mol. The molecule has 2 saturated carbocycles. The van der Waals surface area contributed by atoms with Gasteiger partial charge in [-0.3, -0.25) is 4.79 Å². The van der Waals surface area contributed by atoms with Gasteiger partial charge in [0.15, 0.2) is 0 Å². The highest BCUT2D eigenvalue weighted by molar-refractivity contribution is 5.76. The summed E-state index contributed by atoms with van der Waals surface area (Å²) in [6, 6.07) is 1.06. The molecule has 1 amide bonds. The SMILES string of the molecule is CC(NCCC(=O)NC1CCCC1)C1CC1. The molecule has 0 aliphatic heterocycles. The third kappa shape index (κ3) is 3.78. The second-order valence-electron chi connectivity index (χ2n) is 5.38. The maximum Gasteiger partial charge on any atom is 0.221 e. The average Bonchev–Trinajstić information content (AvgIpc) is 2.99. The quantitative estimate of drug-likeness (QED) is 0.722. The Morgan fingerprint density at radius 3 is 2.56 bits per heavy atom. The Kier molecular flexibility index (Phi) is 4.22. The van der Waals surface area contributed by atoms with Gasteiger partial charge in [0.1, 0.15) is 0 Å². The van der Waals surface area contributed by atoms with Gasteiger partial charge in [-0.25, -0.2) is 0 Å². The molecule has 0 spiro atoms. The Balaban J connectivity index is 1.52. The van der Waals surface area contributed by atoms with Gasteiger partial charge in [0.25, 0.3) is 0 Å². The van der Waals surface area contributed by atoms with Gasteiger partial charge in [-0.1, -0.05) is 12.8 Å². The molecule has 2 aliphatic rings. The van der Waals surface area contributed by atoms with Gasteiger partial charge in [-0.2, -0.15) is 0 Å².